The molecule has 2 aliphatic heterocycles. The maximum absolute atomic E-state index is 12.7. The Hall–Kier alpha value is -2.00. The van der Waals surface area contributed by atoms with E-state index >= 15 is 0 Å². The van der Waals surface area contributed by atoms with Crippen LogP contribution >= 0.6 is 27.7 Å². The van der Waals surface area contributed by atoms with Gasteiger partial charge in [-0.25, -0.2) is 0 Å². The fourth-order valence-electron chi connectivity index (χ4n) is 3.10. The molecule has 1 N–H and O–H groups in total. The Morgan fingerprint density at radius 3 is 2.68 bits per heavy atom. The smallest absolute Gasteiger partial charge is 0.294 e. The van der Waals surface area contributed by atoms with E-state index < -0.39 is 11.1 Å². The predicted molar refractivity (Wildman–Crippen MR) is 110 cm³/mol. The standard InChI is InChI=1S/C19H21BrN2O5S/c1-2-27-15-8-12(13(20)10-14(15)23)9-16-18(25)22(19(26)28-16)11-17(24)21-6-4-3-5-7-21/h8-10,23H,2-7,11H2,1H3/b16-9-. The molecule has 0 atom stereocenters. The van der Waals surface area contributed by atoms with Gasteiger partial charge in [0.15, 0.2) is 11.5 Å². The second kappa shape index (κ2) is 9.00. The Morgan fingerprint density at radius 2 is 2.00 bits per heavy atom. The lowest BCUT2D eigenvalue weighted by molar-refractivity contribution is -0.136. The van der Waals surface area contributed by atoms with Crippen LogP contribution in [-0.2, 0) is 9.59 Å². The van der Waals surface area contributed by atoms with E-state index in [-0.39, 0.29) is 28.9 Å². The van der Waals surface area contributed by atoms with E-state index in [2.05, 4.69) is 15.9 Å². The molecule has 0 bridgehead atoms. The van der Waals surface area contributed by atoms with Crippen molar-refractivity contribution in [3.05, 3.63) is 27.1 Å². The average molecular weight is 469 g/mol. The number of amides is 3. The number of likely N-dealkylation sites (tertiary alicyclic amines) is 1. The first kappa shape index (κ1) is 20.7. The topological polar surface area (TPSA) is 87.2 Å². The third kappa shape index (κ3) is 4.52. The molecule has 2 fully saturated rings. The molecule has 3 rings (SSSR count). The quantitative estimate of drug-likeness (QED) is 0.664. The van der Waals surface area contributed by atoms with Crippen molar-refractivity contribution in [1.82, 2.24) is 9.80 Å². The van der Waals surface area contributed by atoms with Gasteiger partial charge in [0.25, 0.3) is 11.1 Å². The van der Waals surface area contributed by atoms with Gasteiger partial charge in [0.2, 0.25) is 5.91 Å². The largest absolute Gasteiger partial charge is 0.504 e. The van der Waals surface area contributed by atoms with E-state index in [1.54, 1.807) is 24.0 Å². The summed E-state index contributed by atoms with van der Waals surface area (Å²) < 4.78 is 5.93. The van der Waals surface area contributed by atoms with Crippen LogP contribution < -0.4 is 4.74 Å². The summed E-state index contributed by atoms with van der Waals surface area (Å²) in [5, 5.41) is 9.46. The molecule has 0 aliphatic carbocycles. The highest BCUT2D eigenvalue weighted by molar-refractivity contribution is 9.10. The Morgan fingerprint density at radius 1 is 1.29 bits per heavy atom. The van der Waals surface area contributed by atoms with Gasteiger partial charge in [-0.2, -0.15) is 0 Å². The van der Waals surface area contributed by atoms with Gasteiger partial charge in [-0.05, 0) is 61.7 Å². The second-order valence-corrected chi connectivity index (χ2v) is 8.33. The van der Waals surface area contributed by atoms with Crippen LogP contribution in [0.15, 0.2) is 21.5 Å². The maximum Gasteiger partial charge on any atom is 0.294 e. The number of carbonyl (C=O) groups is 3. The number of phenols is 1. The lowest BCUT2D eigenvalue weighted by atomic mass is 10.1. The Bertz CT molecular complexity index is 836. The predicted octanol–water partition coefficient (Wildman–Crippen LogP) is 3.60. The number of nitrogens with zero attached hydrogens (tertiary/aromatic N) is 2. The number of halogens is 1. The highest BCUT2D eigenvalue weighted by Gasteiger charge is 2.37. The van der Waals surface area contributed by atoms with Crippen molar-refractivity contribution in [2.24, 2.45) is 0 Å². The van der Waals surface area contributed by atoms with Crippen LogP contribution in [0.5, 0.6) is 11.5 Å². The molecule has 2 saturated heterocycles. The minimum atomic E-state index is -0.488. The van der Waals surface area contributed by atoms with E-state index in [1.807, 2.05) is 0 Å². The summed E-state index contributed by atoms with van der Waals surface area (Å²) in [6.07, 6.45) is 4.55. The summed E-state index contributed by atoms with van der Waals surface area (Å²) >= 11 is 4.14. The normalized spacial score (nSPS) is 18.9. The molecule has 0 radical (unpaired) electrons. The Kier molecular flexibility index (Phi) is 6.66. The molecule has 1 aromatic carbocycles. The zero-order valence-electron chi connectivity index (χ0n) is 15.4. The van der Waals surface area contributed by atoms with E-state index in [4.69, 9.17) is 4.74 Å². The van der Waals surface area contributed by atoms with Gasteiger partial charge in [0.1, 0.15) is 6.54 Å². The van der Waals surface area contributed by atoms with Gasteiger partial charge in [0.05, 0.1) is 11.5 Å². The molecule has 0 aromatic heterocycles. The molecule has 2 aliphatic rings. The lowest BCUT2D eigenvalue weighted by Crippen LogP contribution is -2.44. The number of phenolic OH excluding ortho intramolecular Hbond substituents is 1. The van der Waals surface area contributed by atoms with Crippen LogP contribution in [0.2, 0.25) is 0 Å². The molecular weight excluding hydrogens is 448 g/mol. The molecule has 0 unspecified atom stereocenters. The van der Waals surface area contributed by atoms with Gasteiger partial charge in [-0.1, -0.05) is 15.9 Å². The number of hydrogen-bond donors (Lipinski definition) is 1. The first-order chi connectivity index (χ1) is 13.4. The molecule has 28 heavy (non-hydrogen) atoms. The number of rotatable bonds is 5. The molecule has 150 valence electrons. The number of benzene rings is 1. The average Bonchev–Trinajstić information content (AvgIpc) is 2.93. The van der Waals surface area contributed by atoms with Crippen LogP contribution in [0.25, 0.3) is 6.08 Å². The minimum Gasteiger partial charge on any atom is -0.504 e. The maximum atomic E-state index is 12.7. The highest BCUT2D eigenvalue weighted by Crippen LogP contribution is 2.37. The summed E-state index contributed by atoms with van der Waals surface area (Å²) in [4.78, 5) is 40.3. The monoisotopic (exact) mass is 468 g/mol. The summed E-state index contributed by atoms with van der Waals surface area (Å²) in [6.45, 7) is 3.29. The van der Waals surface area contributed by atoms with E-state index in [9.17, 15) is 19.5 Å². The molecule has 0 saturated carbocycles. The Balaban J connectivity index is 1.77. The lowest BCUT2D eigenvalue weighted by Gasteiger charge is -2.27. The van der Waals surface area contributed by atoms with E-state index in [0.717, 1.165) is 35.9 Å². The number of carbonyl (C=O) groups excluding carboxylic acids is 3. The molecular formula is C19H21BrN2O5S. The van der Waals surface area contributed by atoms with Crippen LogP contribution in [0.1, 0.15) is 31.7 Å². The van der Waals surface area contributed by atoms with Gasteiger partial charge in [-0.3, -0.25) is 19.3 Å². The van der Waals surface area contributed by atoms with E-state index in [1.165, 1.54) is 6.07 Å². The fourth-order valence-corrected chi connectivity index (χ4v) is 4.37. The molecule has 3 amide bonds. The van der Waals surface area contributed by atoms with Crippen molar-refractivity contribution in [2.75, 3.05) is 26.2 Å². The number of thioether (sulfide) groups is 1. The van der Waals surface area contributed by atoms with Crippen LogP contribution in [0.4, 0.5) is 4.79 Å². The Labute approximate surface area is 175 Å². The van der Waals surface area contributed by atoms with Crippen LogP contribution in [0.3, 0.4) is 0 Å². The number of piperidine rings is 1. The molecule has 1 aromatic rings. The van der Waals surface area contributed by atoms with Gasteiger partial charge < -0.3 is 14.7 Å². The van der Waals surface area contributed by atoms with Gasteiger partial charge in [0, 0.05) is 17.6 Å². The third-order valence-electron chi connectivity index (χ3n) is 4.54. The summed E-state index contributed by atoms with van der Waals surface area (Å²) in [5.41, 5.74) is 0.592. The van der Waals surface area contributed by atoms with Gasteiger partial charge in [-0.15, -0.1) is 0 Å². The van der Waals surface area contributed by atoms with Crippen molar-refractivity contribution in [3.63, 3.8) is 0 Å². The van der Waals surface area contributed by atoms with Crippen molar-refractivity contribution in [3.8, 4) is 11.5 Å². The van der Waals surface area contributed by atoms with Crippen LogP contribution in [-0.4, -0.2) is 58.2 Å². The minimum absolute atomic E-state index is 0.0221. The van der Waals surface area contributed by atoms with Gasteiger partial charge >= 0.3 is 0 Å². The van der Waals surface area contributed by atoms with Crippen LogP contribution in [0, 0.1) is 0 Å². The summed E-state index contributed by atoms with van der Waals surface area (Å²) in [6, 6.07) is 3.07. The molecule has 7 nitrogen and oxygen atoms in total. The summed E-state index contributed by atoms with van der Waals surface area (Å²) in [7, 11) is 0. The van der Waals surface area contributed by atoms with Crippen molar-refractivity contribution in [1.29, 1.82) is 0 Å². The molecule has 9 heteroatoms. The number of ether oxygens (including phenoxy) is 1. The first-order valence-electron chi connectivity index (χ1n) is 9.09. The third-order valence-corrected chi connectivity index (χ3v) is 6.13. The number of aromatic hydroxyl groups is 1. The SMILES string of the molecule is CCOc1cc(/C=C2\SC(=O)N(CC(=O)N3CCCCC3)C2=O)c(Br)cc1O. The number of hydrogen-bond acceptors (Lipinski definition) is 6. The van der Waals surface area contributed by atoms with Crippen molar-refractivity contribution in [2.45, 2.75) is 26.2 Å². The van der Waals surface area contributed by atoms with Crippen molar-refractivity contribution >= 4 is 50.8 Å². The molecule has 2 heterocycles. The summed E-state index contributed by atoms with van der Waals surface area (Å²) in [5.74, 6) is -0.423. The zero-order chi connectivity index (χ0) is 20.3. The fraction of sp³-hybridized carbons (Fsp3) is 0.421. The molecule has 0 spiro atoms. The van der Waals surface area contributed by atoms with Crippen molar-refractivity contribution < 1.29 is 24.2 Å². The van der Waals surface area contributed by atoms with E-state index in [0.29, 0.717) is 29.7 Å². The highest BCUT2D eigenvalue weighted by atomic mass is 79.9. The zero-order valence-corrected chi connectivity index (χ0v) is 17.8. The number of imide groups is 1. The first-order valence-corrected chi connectivity index (χ1v) is 10.7. The second-order valence-electron chi connectivity index (χ2n) is 6.48.